The third-order valence-corrected chi connectivity index (χ3v) is 2.13. The number of nitrogens with one attached hydrogen (secondary N) is 2. The molecule has 0 saturated heterocycles. The molecule has 0 fully saturated rings. The van der Waals surface area contributed by atoms with Gasteiger partial charge in [-0.3, -0.25) is 4.79 Å². The third kappa shape index (κ3) is 5.24. The number of carbonyl (C=O) groups is 2. The van der Waals surface area contributed by atoms with Crippen LogP contribution in [0.25, 0.3) is 0 Å². The van der Waals surface area contributed by atoms with Crippen molar-refractivity contribution in [2.24, 2.45) is 0 Å². The first kappa shape index (κ1) is 13.9. The highest BCUT2D eigenvalue weighted by atomic mass is 16.4. The van der Waals surface area contributed by atoms with E-state index in [2.05, 4.69) is 20.6 Å². The van der Waals surface area contributed by atoms with Crippen LogP contribution in [0.2, 0.25) is 0 Å². The van der Waals surface area contributed by atoms with Crippen LogP contribution in [-0.4, -0.2) is 33.6 Å². The van der Waals surface area contributed by atoms with E-state index in [0.717, 1.165) is 6.42 Å². The lowest BCUT2D eigenvalue weighted by Gasteiger charge is -2.06. The normalized spacial score (nSPS) is 9.83. The minimum Gasteiger partial charge on any atom is -0.481 e. The first-order valence-electron chi connectivity index (χ1n) is 5.69. The van der Waals surface area contributed by atoms with Gasteiger partial charge in [0.1, 0.15) is 5.82 Å². The van der Waals surface area contributed by atoms with Gasteiger partial charge in [0.05, 0.1) is 18.1 Å². The van der Waals surface area contributed by atoms with E-state index in [0.29, 0.717) is 24.5 Å². The quantitative estimate of drug-likeness (QED) is 0.656. The van der Waals surface area contributed by atoms with Crippen molar-refractivity contribution in [3.63, 3.8) is 0 Å². The van der Waals surface area contributed by atoms with Gasteiger partial charge < -0.3 is 15.7 Å². The molecule has 0 saturated carbocycles. The Morgan fingerprint density at radius 2 is 2.00 bits per heavy atom. The molecule has 7 nitrogen and oxygen atoms in total. The number of hydrogen-bond donors (Lipinski definition) is 3. The smallest absolute Gasteiger partial charge is 0.319 e. The minimum atomic E-state index is -0.874. The van der Waals surface area contributed by atoms with Crippen molar-refractivity contribution in [1.29, 1.82) is 0 Å². The fraction of sp³-hybridized carbons (Fsp3) is 0.455. The second-order valence-corrected chi connectivity index (χ2v) is 3.62. The van der Waals surface area contributed by atoms with Crippen LogP contribution in [-0.2, 0) is 11.2 Å². The number of aliphatic carboxylic acids is 1. The summed E-state index contributed by atoms with van der Waals surface area (Å²) in [7, 11) is 0. The van der Waals surface area contributed by atoms with Gasteiger partial charge in [0, 0.05) is 19.4 Å². The summed E-state index contributed by atoms with van der Waals surface area (Å²) in [5, 5.41) is 13.5. The van der Waals surface area contributed by atoms with Crippen LogP contribution in [0, 0.1) is 0 Å². The van der Waals surface area contributed by atoms with Gasteiger partial charge in [-0.1, -0.05) is 6.92 Å². The molecule has 0 radical (unpaired) electrons. The highest BCUT2D eigenvalue weighted by Crippen LogP contribution is 2.02. The Bertz CT molecular complexity index is 405. The average molecular weight is 252 g/mol. The number of anilines is 1. The first-order valence-corrected chi connectivity index (χ1v) is 5.69. The van der Waals surface area contributed by atoms with Gasteiger partial charge in [0.2, 0.25) is 0 Å². The average Bonchev–Trinajstić information content (AvgIpc) is 2.35. The van der Waals surface area contributed by atoms with Crippen molar-refractivity contribution in [1.82, 2.24) is 15.3 Å². The molecule has 0 spiro atoms. The van der Waals surface area contributed by atoms with E-state index in [4.69, 9.17) is 5.11 Å². The monoisotopic (exact) mass is 252 g/mol. The lowest BCUT2D eigenvalue weighted by Crippen LogP contribution is -2.29. The molecule has 1 aromatic rings. The molecule has 0 unspecified atom stereocenters. The summed E-state index contributed by atoms with van der Waals surface area (Å²) in [5.41, 5.74) is 0.503. The van der Waals surface area contributed by atoms with Crippen LogP contribution in [0.15, 0.2) is 12.4 Å². The molecule has 98 valence electrons. The molecular weight excluding hydrogens is 236 g/mol. The fourth-order valence-corrected chi connectivity index (χ4v) is 1.22. The summed E-state index contributed by atoms with van der Waals surface area (Å²) in [6, 6.07) is -0.395. The predicted molar refractivity (Wildman–Crippen MR) is 65.3 cm³/mol. The number of hydrogen-bond acceptors (Lipinski definition) is 4. The molecule has 1 heterocycles. The van der Waals surface area contributed by atoms with Crippen LogP contribution in [0.4, 0.5) is 10.5 Å². The molecule has 0 bridgehead atoms. The number of rotatable bonds is 6. The lowest BCUT2D eigenvalue weighted by molar-refractivity contribution is -0.137. The van der Waals surface area contributed by atoms with Gasteiger partial charge in [-0.05, 0) is 6.42 Å². The number of carbonyl (C=O) groups excluding carboxylic acids is 1. The van der Waals surface area contributed by atoms with E-state index in [-0.39, 0.29) is 6.42 Å². The third-order valence-electron chi connectivity index (χ3n) is 2.13. The highest BCUT2D eigenvalue weighted by Gasteiger charge is 2.03. The number of carboxylic acid groups (broad SMARTS) is 1. The Morgan fingerprint density at radius 3 is 2.56 bits per heavy atom. The molecule has 0 atom stereocenters. The van der Waals surface area contributed by atoms with E-state index >= 15 is 0 Å². The van der Waals surface area contributed by atoms with E-state index in [9.17, 15) is 9.59 Å². The molecule has 1 aromatic heterocycles. The van der Waals surface area contributed by atoms with Gasteiger partial charge in [0.25, 0.3) is 0 Å². The Balaban J connectivity index is 2.28. The zero-order valence-corrected chi connectivity index (χ0v) is 10.1. The van der Waals surface area contributed by atoms with E-state index in [1.165, 1.54) is 12.4 Å². The van der Waals surface area contributed by atoms with Gasteiger partial charge in [-0.2, -0.15) is 0 Å². The molecule has 0 aliphatic heterocycles. The minimum absolute atomic E-state index is 0.0363. The summed E-state index contributed by atoms with van der Waals surface area (Å²) in [6.45, 7) is 2.25. The molecule has 0 aliphatic rings. The molecule has 18 heavy (non-hydrogen) atoms. The predicted octanol–water partition coefficient (Wildman–Crippen LogP) is 1.03. The standard InChI is InChI=1S/C11H16N4O3/c1-2-9-13-6-8(7-14-9)15-11(18)12-5-3-4-10(16)17/h6-7H,2-5H2,1H3,(H,16,17)(H2,12,15,18). The fourth-order valence-electron chi connectivity index (χ4n) is 1.22. The number of urea groups is 1. The number of carboxylic acids is 1. The molecule has 0 aliphatic carbocycles. The molecule has 2 amide bonds. The van der Waals surface area contributed by atoms with Crippen molar-refractivity contribution in [3.05, 3.63) is 18.2 Å². The van der Waals surface area contributed by atoms with E-state index in [1.807, 2.05) is 6.92 Å². The molecular formula is C11H16N4O3. The SMILES string of the molecule is CCc1ncc(NC(=O)NCCCC(=O)O)cn1. The largest absolute Gasteiger partial charge is 0.481 e. The maximum atomic E-state index is 11.4. The van der Waals surface area contributed by atoms with Gasteiger partial charge in [-0.25, -0.2) is 14.8 Å². The second-order valence-electron chi connectivity index (χ2n) is 3.62. The summed E-state index contributed by atoms with van der Waals surface area (Å²) >= 11 is 0. The maximum absolute atomic E-state index is 11.4. The zero-order chi connectivity index (χ0) is 13.4. The van der Waals surface area contributed by atoms with Gasteiger partial charge >= 0.3 is 12.0 Å². The van der Waals surface area contributed by atoms with Crippen LogP contribution in [0.1, 0.15) is 25.6 Å². The number of aromatic nitrogens is 2. The Labute approximate surface area is 105 Å². The van der Waals surface area contributed by atoms with Crippen molar-refractivity contribution >= 4 is 17.7 Å². The van der Waals surface area contributed by atoms with E-state index < -0.39 is 12.0 Å². The number of nitrogens with zero attached hydrogens (tertiary/aromatic N) is 2. The summed E-state index contributed by atoms with van der Waals surface area (Å²) in [5.74, 6) is -0.164. The second kappa shape index (κ2) is 7.21. The Morgan fingerprint density at radius 1 is 1.33 bits per heavy atom. The van der Waals surface area contributed by atoms with Crippen LogP contribution in [0.3, 0.4) is 0 Å². The Kier molecular flexibility index (Phi) is 5.56. The Hall–Kier alpha value is -2.18. The topological polar surface area (TPSA) is 104 Å². The summed E-state index contributed by atoms with van der Waals surface area (Å²) in [6.07, 6.45) is 4.23. The van der Waals surface area contributed by atoms with Crippen LogP contribution >= 0.6 is 0 Å². The number of aryl methyl sites for hydroxylation is 1. The highest BCUT2D eigenvalue weighted by molar-refractivity contribution is 5.88. The molecule has 7 heteroatoms. The number of amides is 2. The summed E-state index contributed by atoms with van der Waals surface area (Å²) < 4.78 is 0. The molecule has 0 aromatic carbocycles. The van der Waals surface area contributed by atoms with Crippen molar-refractivity contribution in [3.8, 4) is 0 Å². The maximum Gasteiger partial charge on any atom is 0.319 e. The van der Waals surface area contributed by atoms with Crippen LogP contribution in [0.5, 0.6) is 0 Å². The van der Waals surface area contributed by atoms with Crippen molar-refractivity contribution in [2.75, 3.05) is 11.9 Å². The lowest BCUT2D eigenvalue weighted by atomic mass is 10.3. The van der Waals surface area contributed by atoms with Crippen molar-refractivity contribution < 1.29 is 14.7 Å². The first-order chi connectivity index (χ1) is 8.61. The van der Waals surface area contributed by atoms with Crippen LogP contribution < -0.4 is 10.6 Å². The van der Waals surface area contributed by atoms with E-state index in [1.54, 1.807) is 0 Å². The van der Waals surface area contributed by atoms with Crippen molar-refractivity contribution in [2.45, 2.75) is 26.2 Å². The zero-order valence-electron chi connectivity index (χ0n) is 10.1. The molecule has 1 rings (SSSR count). The molecule has 3 N–H and O–H groups in total. The van der Waals surface area contributed by atoms with Gasteiger partial charge in [0.15, 0.2) is 0 Å². The summed E-state index contributed by atoms with van der Waals surface area (Å²) in [4.78, 5) is 29.7. The van der Waals surface area contributed by atoms with Gasteiger partial charge in [-0.15, -0.1) is 0 Å².